The summed E-state index contributed by atoms with van der Waals surface area (Å²) < 4.78 is 5.31. The van der Waals surface area contributed by atoms with Crippen LogP contribution in [0.15, 0.2) is 30.3 Å². The zero-order valence-corrected chi connectivity index (χ0v) is 11.9. The number of benzene rings is 1. The topological polar surface area (TPSA) is 51.4 Å². The van der Waals surface area contributed by atoms with Gasteiger partial charge in [-0.2, -0.15) is 0 Å². The first-order chi connectivity index (χ1) is 9.67. The Kier molecular flexibility index (Phi) is 3.22. The van der Waals surface area contributed by atoms with Crippen molar-refractivity contribution in [3.8, 4) is 5.75 Å². The summed E-state index contributed by atoms with van der Waals surface area (Å²) in [5, 5.41) is 0. The maximum absolute atomic E-state index is 6.12. The third-order valence-corrected chi connectivity index (χ3v) is 3.69. The van der Waals surface area contributed by atoms with Gasteiger partial charge in [0, 0.05) is 24.4 Å². The van der Waals surface area contributed by atoms with Gasteiger partial charge in [-0.3, -0.25) is 4.98 Å². The number of hydrogen-bond donors (Lipinski definition) is 1. The molecule has 2 heterocycles. The highest BCUT2D eigenvalue weighted by molar-refractivity contribution is 5.74. The maximum Gasteiger partial charge on any atom is 0.122 e. The zero-order chi connectivity index (χ0) is 14.1. The number of pyridine rings is 1. The summed E-state index contributed by atoms with van der Waals surface area (Å²) in [6.45, 7) is 3.74. The number of hydrogen-bond acceptors (Lipinski definition) is 4. The van der Waals surface area contributed by atoms with Crippen LogP contribution < -0.4 is 15.4 Å². The summed E-state index contributed by atoms with van der Waals surface area (Å²) in [7, 11) is 1.68. The molecular weight excluding hydrogens is 250 g/mol. The molecule has 1 aromatic carbocycles. The SMILES string of the molecule is COc1cc(C)nc(CN2CCc3cccc(N)c32)c1. The van der Waals surface area contributed by atoms with Crippen LogP contribution in [0.2, 0.25) is 0 Å². The van der Waals surface area contributed by atoms with E-state index in [9.17, 15) is 0 Å². The van der Waals surface area contributed by atoms with E-state index in [-0.39, 0.29) is 0 Å². The molecule has 4 heteroatoms. The van der Waals surface area contributed by atoms with Crippen LogP contribution in [0.1, 0.15) is 17.0 Å². The molecule has 0 fully saturated rings. The summed E-state index contributed by atoms with van der Waals surface area (Å²) >= 11 is 0. The molecule has 0 atom stereocenters. The van der Waals surface area contributed by atoms with E-state index < -0.39 is 0 Å². The standard InChI is InChI=1S/C16H19N3O/c1-11-8-14(20-2)9-13(18-11)10-19-7-6-12-4-3-5-15(17)16(12)19/h3-5,8-9H,6-7,10,17H2,1-2H3. The molecule has 1 aromatic heterocycles. The first kappa shape index (κ1) is 12.8. The van der Waals surface area contributed by atoms with Gasteiger partial charge < -0.3 is 15.4 Å². The quantitative estimate of drug-likeness (QED) is 0.870. The number of fused-ring (bicyclic) bond motifs is 1. The third kappa shape index (κ3) is 2.29. The molecule has 0 saturated carbocycles. The average molecular weight is 269 g/mol. The molecule has 0 amide bonds. The summed E-state index contributed by atoms with van der Waals surface area (Å²) in [6.07, 6.45) is 1.04. The van der Waals surface area contributed by atoms with Gasteiger partial charge in [-0.25, -0.2) is 0 Å². The molecule has 1 aliphatic heterocycles. The lowest BCUT2D eigenvalue weighted by molar-refractivity contribution is 0.413. The largest absolute Gasteiger partial charge is 0.497 e. The van der Waals surface area contributed by atoms with Crippen molar-refractivity contribution in [2.45, 2.75) is 19.9 Å². The van der Waals surface area contributed by atoms with Crippen molar-refractivity contribution in [2.75, 3.05) is 24.3 Å². The first-order valence-electron chi connectivity index (χ1n) is 6.81. The molecule has 104 valence electrons. The van der Waals surface area contributed by atoms with Gasteiger partial charge in [0.05, 0.1) is 30.7 Å². The number of rotatable bonds is 3. The number of para-hydroxylation sites is 1. The number of methoxy groups -OCH3 is 1. The number of nitrogens with zero attached hydrogens (tertiary/aromatic N) is 2. The lowest BCUT2D eigenvalue weighted by atomic mass is 10.1. The highest BCUT2D eigenvalue weighted by atomic mass is 16.5. The monoisotopic (exact) mass is 269 g/mol. The second-order valence-corrected chi connectivity index (χ2v) is 5.17. The van der Waals surface area contributed by atoms with Crippen molar-refractivity contribution >= 4 is 11.4 Å². The minimum absolute atomic E-state index is 0.763. The molecule has 4 nitrogen and oxygen atoms in total. The van der Waals surface area contributed by atoms with Crippen LogP contribution in [0.3, 0.4) is 0 Å². The fourth-order valence-electron chi connectivity index (χ4n) is 2.82. The van der Waals surface area contributed by atoms with Crippen LogP contribution in [0, 0.1) is 6.92 Å². The van der Waals surface area contributed by atoms with Gasteiger partial charge in [-0.1, -0.05) is 12.1 Å². The van der Waals surface area contributed by atoms with Crippen molar-refractivity contribution in [1.82, 2.24) is 4.98 Å². The predicted octanol–water partition coefficient (Wildman–Crippen LogP) is 2.54. The summed E-state index contributed by atoms with van der Waals surface area (Å²) in [4.78, 5) is 6.88. The van der Waals surface area contributed by atoms with Crippen LogP contribution in [0.4, 0.5) is 11.4 Å². The van der Waals surface area contributed by atoms with Gasteiger partial charge >= 0.3 is 0 Å². The number of aryl methyl sites for hydroxylation is 1. The second-order valence-electron chi connectivity index (χ2n) is 5.17. The summed E-state index contributed by atoms with van der Waals surface area (Å²) in [5.41, 5.74) is 11.4. The van der Waals surface area contributed by atoms with E-state index in [0.717, 1.165) is 48.0 Å². The molecule has 1 aliphatic rings. The number of ether oxygens (including phenoxy) is 1. The number of aromatic nitrogens is 1. The van der Waals surface area contributed by atoms with Gasteiger partial charge in [0.2, 0.25) is 0 Å². The molecular formula is C16H19N3O. The van der Waals surface area contributed by atoms with Crippen molar-refractivity contribution < 1.29 is 4.74 Å². The van der Waals surface area contributed by atoms with E-state index in [1.165, 1.54) is 5.56 Å². The third-order valence-electron chi connectivity index (χ3n) is 3.69. The first-order valence-corrected chi connectivity index (χ1v) is 6.81. The van der Waals surface area contributed by atoms with E-state index in [0.29, 0.717) is 0 Å². The molecule has 0 spiro atoms. The zero-order valence-electron chi connectivity index (χ0n) is 11.9. The lowest BCUT2D eigenvalue weighted by Gasteiger charge is -2.21. The molecule has 2 aromatic rings. The van der Waals surface area contributed by atoms with E-state index >= 15 is 0 Å². The minimum atomic E-state index is 0.763. The Bertz CT molecular complexity index is 640. The fraction of sp³-hybridized carbons (Fsp3) is 0.312. The van der Waals surface area contributed by atoms with Crippen LogP contribution in [-0.2, 0) is 13.0 Å². The molecule has 0 bridgehead atoms. The predicted molar refractivity (Wildman–Crippen MR) is 81.1 cm³/mol. The minimum Gasteiger partial charge on any atom is -0.497 e. The molecule has 20 heavy (non-hydrogen) atoms. The van der Waals surface area contributed by atoms with Crippen LogP contribution >= 0.6 is 0 Å². The van der Waals surface area contributed by atoms with Gasteiger partial charge in [-0.15, -0.1) is 0 Å². The fourth-order valence-corrected chi connectivity index (χ4v) is 2.82. The Balaban J connectivity index is 1.89. The number of nitrogen functional groups attached to an aromatic ring is 1. The summed E-state index contributed by atoms with van der Waals surface area (Å²) in [5.74, 6) is 0.855. The van der Waals surface area contributed by atoms with Gasteiger partial charge in [0.25, 0.3) is 0 Å². The van der Waals surface area contributed by atoms with E-state index in [2.05, 4.69) is 16.0 Å². The Morgan fingerprint density at radius 3 is 3.00 bits per heavy atom. The average Bonchev–Trinajstić information content (AvgIpc) is 2.82. The van der Waals surface area contributed by atoms with Crippen molar-refractivity contribution in [3.05, 3.63) is 47.3 Å². The second kappa shape index (κ2) is 5.04. The Labute approximate surface area is 119 Å². The van der Waals surface area contributed by atoms with Crippen molar-refractivity contribution in [3.63, 3.8) is 0 Å². The van der Waals surface area contributed by atoms with Crippen molar-refractivity contribution in [1.29, 1.82) is 0 Å². The Morgan fingerprint density at radius 2 is 2.20 bits per heavy atom. The highest BCUT2D eigenvalue weighted by Gasteiger charge is 2.21. The van der Waals surface area contributed by atoms with Gasteiger partial charge in [0.15, 0.2) is 0 Å². The molecule has 0 aliphatic carbocycles. The number of nitrogens with two attached hydrogens (primary N) is 1. The molecule has 0 radical (unpaired) electrons. The Hall–Kier alpha value is -2.23. The van der Waals surface area contributed by atoms with Gasteiger partial charge in [0.1, 0.15) is 5.75 Å². The van der Waals surface area contributed by atoms with E-state index in [1.807, 2.05) is 31.2 Å². The molecule has 0 unspecified atom stereocenters. The van der Waals surface area contributed by atoms with Crippen LogP contribution in [0.25, 0.3) is 0 Å². The lowest BCUT2D eigenvalue weighted by Crippen LogP contribution is -2.21. The molecule has 3 rings (SSSR count). The van der Waals surface area contributed by atoms with Gasteiger partial charge in [-0.05, 0) is 25.0 Å². The van der Waals surface area contributed by atoms with Crippen molar-refractivity contribution in [2.24, 2.45) is 0 Å². The molecule has 0 saturated heterocycles. The normalized spacial score (nSPS) is 13.4. The smallest absolute Gasteiger partial charge is 0.122 e. The van der Waals surface area contributed by atoms with Crippen LogP contribution in [-0.4, -0.2) is 18.6 Å². The summed E-state index contributed by atoms with van der Waals surface area (Å²) in [6, 6.07) is 10.1. The van der Waals surface area contributed by atoms with E-state index in [4.69, 9.17) is 10.5 Å². The molecule has 2 N–H and O–H groups in total. The van der Waals surface area contributed by atoms with E-state index in [1.54, 1.807) is 7.11 Å². The number of anilines is 2. The Morgan fingerprint density at radius 1 is 1.35 bits per heavy atom. The maximum atomic E-state index is 6.12. The van der Waals surface area contributed by atoms with Crippen LogP contribution in [0.5, 0.6) is 5.75 Å². The highest BCUT2D eigenvalue weighted by Crippen LogP contribution is 2.34.